The Morgan fingerprint density at radius 3 is 2.64 bits per heavy atom. The van der Waals surface area contributed by atoms with Gasteiger partial charge in [-0.2, -0.15) is 0 Å². The van der Waals surface area contributed by atoms with E-state index in [1.165, 1.54) is 0 Å². The molecule has 0 unspecified atom stereocenters. The Labute approximate surface area is 175 Å². The van der Waals surface area contributed by atoms with Crippen molar-refractivity contribution in [2.75, 3.05) is 11.5 Å². The van der Waals surface area contributed by atoms with Gasteiger partial charge in [0.2, 0.25) is 5.91 Å². The van der Waals surface area contributed by atoms with E-state index in [1.807, 2.05) is 13.8 Å². The zero-order chi connectivity index (χ0) is 20.5. The Morgan fingerprint density at radius 2 is 2.00 bits per heavy atom. The van der Waals surface area contributed by atoms with Gasteiger partial charge in [0.05, 0.1) is 23.1 Å². The lowest BCUT2D eigenvalue weighted by molar-refractivity contribution is -0.134. The third-order valence-electron chi connectivity index (χ3n) is 4.73. The van der Waals surface area contributed by atoms with Gasteiger partial charge in [-0.3, -0.25) is 4.79 Å². The molecule has 8 heteroatoms. The molecular formula is C20H23Cl2NO4S. The summed E-state index contributed by atoms with van der Waals surface area (Å²) in [7, 11) is -3.10. The number of sulfone groups is 1. The Bertz CT molecular complexity index is 968. The average molecular weight is 444 g/mol. The summed E-state index contributed by atoms with van der Waals surface area (Å²) in [6.45, 7) is 4.16. The van der Waals surface area contributed by atoms with Crippen molar-refractivity contribution in [3.05, 3.63) is 46.1 Å². The van der Waals surface area contributed by atoms with E-state index in [4.69, 9.17) is 27.6 Å². The van der Waals surface area contributed by atoms with Crippen LogP contribution in [0.5, 0.6) is 0 Å². The van der Waals surface area contributed by atoms with Crippen molar-refractivity contribution < 1.29 is 17.6 Å². The van der Waals surface area contributed by atoms with E-state index in [9.17, 15) is 13.2 Å². The van der Waals surface area contributed by atoms with Crippen molar-refractivity contribution in [3.63, 3.8) is 0 Å². The molecule has 0 N–H and O–H groups in total. The van der Waals surface area contributed by atoms with Crippen LogP contribution in [-0.4, -0.2) is 36.8 Å². The number of rotatable bonds is 6. The SMILES string of the molecule is CC(C)CC(=O)N(Cc1ccc(-c2cc(Cl)ccc2Cl)o1)[C@@H]1CCS(=O)(=O)C1. The molecule has 0 radical (unpaired) electrons. The quantitative estimate of drug-likeness (QED) is 0.641. The van der Waals surface area contributed by atoms with Crippen LogP contribution in [0.25, 0.3) is 11.3 Å². The van der Waals surface area contributed by atoms with Crippen LogP contribution in [0.2, 0.25) is 10.0 Å². The normalized spacial score (nSPS) is 18.5. The van der Waals surface area contributed by atoms with E-state index in [2.05, 4.69) is 0 Å². The van der Waals surface area contributed by atoms with Crippen molar-refractivity contribution in [2.24, 2.45) is 5.92 Å². The highest BCUT2D eigenvalue weighted by Gasteiger charge is 2.35. The lowest BCUT2D eigenvalue weighted by Gasteiger charge is -2.28. The van der Waals surface area contributed by atoms with Crippen LogP contribution in [-0.2, 0) is 21.2 Å². The maximum atomic E-state index is 12.8. The van der Waals surface area contributed by atoms with Crippen LogP contribution < -0.4 is 0 Å². The van der Waals surface area contributed by atoms with Gasteiger partial charge in [-0.15, -0.1) is 0 Å². The molecule has 28 heavy (non-hydrogen) atoms. The molecule has 152 valence electrons. The van der Waals surface area contributed by atoms with E-state index in [0.29, 0.717) is 40.0 Å². The number of carbonyl (C=O) groups is 1. The van der Waals surface area contributed by atoms with E-state index in [0.717, 1.165) is 0 Å². The van der Waals surface area contributed by atoms with E-state index in [1.54, 1.807) is 35.2 Å². The standard InChI is InChI=1S/C20H23Cl2NO4S/c1-13(2)9-20(24)23(15-7-8-28(25,26)12-15)11-16-4-6-19(27-16)17-10-14(21)3-5-18(17)22/h3-6,10,13,15H,7-9,11-12H2,1-2H3/t15-/m1/s1. The minimum absolute atomic E-state index is 0.00449. The minimum Gasteiger partial charge on any atom is -0.459 e. The lowest BCUT2D eigenvalue weighted by atomic mass is 10.1. The first-order valence-electron chi connectivity index (χ1n) is 9.18. The lowest BCUT2D eigenvalue weighted by Crippen LogP contribution is -2.41. The summed E-state index contributed by atoms with van der Waals surface area (Å²) in [4.78, 5) is 14.4. The summed E-state index contributed by atoms with van der Waals surface area (Å²) in [5.41, 5.74) is 0.670. The van der Waals surface area contributed by atoms with Crippen molar-refractivity contribution in [1.29, 1.82) is 0 Å². The molecule has 1 aromatic heterocycles. The molecule has 5 nitrogen and oxygen atoms in total. The second-order valence-corrected chi connectivity index (χ2v) is 10.6. The van der Waals surface area contributed by atoms with Gasteiger partial charge in [-0.1, -0.05) is 37.0 Å². The maximum Gasteiger partial charge on any atom is 0.223 e. The molecule has 1 aromatic carbocycles. The molecule has 1 aliphatic rings. The number of nitrogens with zero attached hydrogens (tertiary/aromatic N) is 1. The van der Waals surface area contributed by atoms with Crippen molar-refractivity contribution in [1.82, 2.24) is 4.90 Å². The van der Waals surface area contributed by atoms with Crippen LogP contribution in [0.1, 0.15) is 32.4 Å². The summed E-state index contributed by atoms with van der Waals surface area (Å²) in [5.74, 6) is 1.38. The van der Waals surface area contributed by atoms with E-state index < -0.39 is 9.84 Å². The number of halogens is 2. The fourth-order valence-electron chi connectivity index (χ4n) is 3.37. The zero-order valence-electron chi connectivity index (χ0n) is 15.8. The smallest absolute Gasteiger partial charge is 0.223 e. The highest BCUT2D eigenvalue weighted by Crippen LogP contribution is 2.32. The summed E-state index contributed by atoms with van der Waals surface area (Å²) in [5, 5.41) is 1.06. The maximum absolute atomic E-state index is 12.8. The molecule has 3 rings (SSSR count). The predicted octanol–water partition coefficient (Wildman–Crippen LogP) is 4.82. The van der Waals surface area contributed by atoms with Gasteiger partial charge in [0, 0.05) is 23.0 Å². The van der Waals surface area contributed by atoms with Gasteiger partial charge in [0.1, 0.15) is 11.5 Å². The number of hydrogen-bond acceptors (Lipinski definition) is 4. The molecule has 2 heterocycles. The summed E-state index contributed by atoms with van der Waals surface area (Å²) in [6.07, 6.45) is 0.824. The number of carbonyl (C=O) groups excluding carboxylic acids is 1. The topological polar surface area (TPSA) is 67.6 Å². The van der Waals surface area contributed by atoms with Crippen LogP contribution >= 0.6 is 23.2 Å². The monoisotopic (exact) mass is 443 g/mol. The molecule has 0 bridgehead atoms. The molecule has 2 aromatic rings. The highest BCUT2D eigenvalue weighted by atomic mass is 35.5. The molecule has 0 spiro atoms. The number of benzene rings is 1. The molecule has 1 amide bonds. The summed E-state index contributed by atoms with van der Waals surface area (Å²) in [6, 6.07) is 8.36. The Kier molecular flexibility index (Phi) is 6.42. The Morgan fingerprint density at radius 1 is 1.25 bits per heavy atom. The Hall–Kier alpha value is -1.50. The first-order chi connectivity index (χ1) is 13.1. The third kappa shape index (κ3) is 5.10. The molecule has 0 aliphatic carbocycles. The van der Waals surface area contributed by atoms with Crippen molar-refractivity contribution >= 4 is 38.9 Å². The zero-order valence-corrected chi connectivity index (χ0v) is 18.1. The first kappa shape index (κ1) is 21.2. The number of hydrogen-bond donors (Lipinski definition) is 0. The molecular weight excluding hydrogens is 421 g/mol. The van der Waals surface area contributed by atoms with Gasteiger partial charge in [0.15, 0.2) is 9.84 Å². The fraction of sp³-hybridized carbons (Fsp3) is 0.450. The molecule has 1 saturated heterocycles. The van der Waals surface area contributed by atoms with E-state index >= 15 is 0 Å². The van der Waals surface area contributed by atoms with Gasteiger partial charge in [-0.25, -0.2) is 8.42 Å². The van der Waals surface area contributed by atoms with Crippen LogP contribution in [0.15, 0.2) is 34.7 Å². The molecule has 0 saturated carbocycles. The van der Waals surface area contributed by atoms with E-state index in [-0.39, 0.29) is 35.9 Å². The van der Waals surface area contributed by atoms with Gasteiger partial charge in [-0.05, 0) is 42.7 Å². The largest absolute Gasteiger partial charge is 0.459 e. The molecule has 1 fully saturated rings. The van der Waals surface area contributed by atoms with Gasteiger partial charge < -0.3 is 9.32 Å². The number of furan rings is 1. The molecule has 1 aliphatic heterocycles. The summed E-state index contributed by atoms with van der Waals surface area (Å²) < 4.78 is 29.7. The second kappa shape index (κ2) is 8.47. The third-order valence-corrected chi connectivity index (χ3v) is 7.05. The van der Waals surface area contributed by atoms with Gasteiger partial charge >= 0.3 is 0 Å². The summed E-state index contributed by atoms with van der Waals surface area (Å²) >= 11 is 12.3. The van der Waals surface area contributed by atoms with Crippen molar-refractivity contribution in [3.8, 4) is 11.3 Å². The minimum atomic E-state index is -3.10. The van der Waals surface area contributed by atoms with Crippen LogP contribution in [0.3, 0.4) is 0 Å². The Balaban J connectivity index is 1.84. The fourth-order valence-corrected chi connectivity index (χ4v) is 5.48. The number of amides is 1. The predicted molar refractivity (Wildman–Crippen MR) is 111 cm³/mol. The highest BCUT2D eigenvalue weighted by molar-refractivity contribution is 7.91. The van der Waals surface area contributed by atoms with Crippen LogP contribution in [0.4, 0.5) is 0 Å². The van der Waals surface area contributed by atoms with Crippen molar-refractivity contribution in [2.45, 2.75) is 39.3 Å². The average Bonchev–Trinajstić information content (AvgIpc) is 3.20. The first-order valence-corrected chi connectivity index (χ1v) is 11.8. The second-order valence-electron chi connectivity index (χ2n) is 7.57. The molecule has 1 atom stereocenters. The van der Waals surface area contributed by atoms with Crippen LogP contribution in [0, 0.1) is 5.92 Å². The van der Waals surface area contributed by atoms with Gasteiger partial charge in [0.25, 0.3) is 0 Å².